The lowest BCUT2D eigenvalue weighted by molar-refractivity contribution is 0.493. The van der Waals surface area contributed by atoms with Crippen molar-refractivity contribution >= 4 is 0 Å². The number of nitrogens with one attached hydrogen (secondary N) is 1. The fourth-order valence-corrected chi connectivity index (χ4v) is 3.22. The number of aromatic nitrogens is 1. The standard InChI is InChI=1S/C19H24N2/c1-14(21-15(2)19-8-5-11-20-13-19)17-10-9-16-6-3-4-7-18(16)12-17/h5,8-15,21H,3-4,6-7H2,1-2H3. The Hall–Kier alpha value is -1.67. The normalized spacial score (nSPS) is 17.0. The van der Waals surface area contributed by atoms with Crippen molar-refractivity contribution in [1.29, 1.82) is 0 Å². The summed E-state index contributed by atoms with van der Waals surface area (Å²) in [6.07, 6.45) is 8.94. The average molecular weight is 280 g/mol. The molecule has 2 atom stereocenters. The molecule has 0 aliphatic heterocycles. The topological polar surface area (TPSA) is 24.9 Å². The van der Waals surface area contributed by atoms with Crippen LogP contribution in [0.5, 0.6) is 0 Å². The van der Waals surface area contributed by atoms with Gasteiger partial charge in [-0.1, -0.05) is 24.3 Å². The maximum Gasteiger partial charge on any atom is 0.0315 e. The van der Waals surface area contributed by atoms with Gasteiger partial charge in [0.05, 0.1) is 0 Å². The second-order valence-corrected chi connectivity index (χ2v) is 6.13. The summed E-state index contributed by atoms with van der Waals surface area (Å²) in [4.78, 5) is 4.20. The Morgan fingerprint density at radius 2 is 1.71 bits per heavy atom. The number of hydrogen-bond donors (Lipinski definition) is 1. The molecule has 1 aliphatic rings. The molecule has 1 aromatic carbocycles. The number of benzene rings is 1. The first kappa shape index (κ1) is 14.3. The van der Waals surface area contributed by atoms with Crippen molar-refractivity contribution in [1.82, 2.24) is 10.3 Å². The van der Waals surface area contributed by atoms with E-state index in [1.54, 1.807) is 11.1 Å². The van der Waals surface area contributed by atoms with Crippen molar-refractivity contribution < 1.29 is 0 Å². The molecule has 0 bridgehead atoms. The minimum absolute atomic E-state index is 0.310. The molecule has 0 saturated carbocycles. The first-order valence-electron chi connectivity index (χ1n) is 8.01. The lowest BCUT2D eigenvalue weighted by atomic mass is 9.89. The maximum atomic E-state index is 4.20. The van der Waals surface area contributed by atoms with Gasteiger partial charge in [-0.15, -0.1) is 0 Å². The molecule has 1 heterocycles. The Kier molecular flexibility index (Phi) is 4.35. The number of hydrogen-bond acceptors (Lipinski definition) is 2. The number of rotatable bonds is 4. The van der Waals surface area contributed by atoms with E-state index in [2.05, 4.69) is 48.4 Å². The van der Waals surface area contributed by atoms with Gasteiger partial charge >= 0.3 is 0 Å². The van der Waals surface area contributed by atoms with Crippen molar-refractivity contribution in [3.05, 3.63) is 65.0 Å². The SMILES string of the molecule is CC(NC(C)c1ccc2c(c1)CCCC2)c1cccnc1. The summed E-state index contributed by atoms with van der Waals surface area (Å²) in [7, 11) is 0. The molecule has 1 aromatic heterocycles. The van der Waals surface area contributed by atoms with Gasteiger partial charge in [0.15, 0.2) is 0 Å². The van der Waals surface area contributed by atoms with Crippen LogP contribution in [0.1, 0.15) is 61.0 Å². The van der Waals surface area contributed by atoms with Gasteiger partial charge in [0.25, 0.3) is 0 Å². The summed E-state index contributed by atoms with van der Waals surface area (Å²) >= 11 is 0. The van der Waals surface area contributed by atoms with Gasteiger partial charge in [-0.2, -0.15) is 0 Å². The van der Waals surface area contributed by atoms with Gasteiger partial charge in [0, 0.05) is 24.5 Å². The van der Waals surface area contributed by atoms with Gasteiger partial charge in [-0.3, -0.25) is 4.98 Å². The molecule has 0 fully saturated rings. The van der Waals surface area contributed by atoms with E-state index < -0.39 is 0 Å². The molecule has 3 rings (SSSR count). The molecule has 0 radical (unpaired) electrons. The summed E-state index contributed by atoms with van der Waals surface area (Å²) in [5.74, 6) is 0. The van der Waals surface area contributed by atoms with Gasteiger partial charge in [0.2, 0.25) is 0 Å². The molecule has 2 unspecified atom stereocenters. The van der Waals surface area contributed by atoms with Crippen LogP contribution in [0.3, 0.4) is 0 Å². The molecule has 0 amide bonds. The molecule has 0 saturated heterocycles. The van der Waals surface area contributed by atoms with Crippen LogP contribution >= 0.6 is 0 Å². The zero-order valence-corrected chi connectivity index (χ0v) is 13.0. The Labute approximate surface area is 127 Å². The lowest BCUT2D eigenvalue weighted by Gasteiger charge is -2.23. The first-order chi connectivity index (χ1) is 10.2. The third-order valence-electron chi connectivity index (χ3n) is 4.56. The highest BCUT2D eigenvalue weighted by Crippen LogP contribution is 2.26. The molecule has 2 heteroatoms. The highest BCUT2D eigenvalue weighted by atomic mass is 14.9. The number of pyridine rings is 1. The van der Waals surface area contributed by atoms with E-state index in [1.807, 2.05) is 18.5 Å². The van der Waals surface area contributed by atoms with E-state index >= 15 is 0 Å². The number of nitrogens with zero attached hydrogens (tertiary/aromatic N) is 1. The van der Waals surface area contributed by atoms with Crippen LogP contribution in [0.4, 0.5) is 0 Å². The molecule has 110 valence electrons. The minimum Gasteiger partial charge on any atom is -0.304 e. The molecule has 2 aromatic rings. The Balaban J connectivity index is 1.72. The van der Waals surface area contributed by atoms with Crippen molar-refractivity contribution in [2.24, 2.45) is 0 Å². The number of aryl methyl sites for hydroxylation is 2. The van der Waals surface area contributed by atoms with Crippen molar-refractivity contribution in [3.63, 3.8) is 0 Å². The van der Waals surface area contributed by atoms with Gasteiger partial charge in [0.1, 0.15) is 0 Å². The average Bonchev–Trinajstić information content (AvgIpc) is 2.55. The van der Waals surface area contributed by atoms with Gasteiger partial charge < -0.3 is 5.32 Å². The van der Waals surface area contributed by atoms with Crippen LogP contribution in [0.15, 0.2) is 42.7 Å². The molecule has 1 N–H and O–H groups in total. The molecule has 21 heavy (non-hydrogen) atoms. The van der Waals surface area contributed by atoms with Crippen LogP contribution < -0.4 is 5.32 Å². The van der Waals surface area contributed by atoms with E-state index in [0.29, 0.717) is 12.1 Å². The zero-order chi connectivity index (χ0) is 14.7. The summed E-state index contributed by atoms with van der Waals surface area (Å²) in [5.41, 5.74) is 5.74. The third-order valence-corrected chi connectivity index (χ3v) is 4.56. The molecular weight excluding hydrogens is 256 g/mol. The number of fused-ring (bicyclic) bond motifs is 1. The summed E-state index contributed by atoms with van der Waals surface area (Å²) in [5, 5.41) is 3.68. The molecule has 1 aliphatic carbocycles. The summed E-state index contributed by atoms with van der Waals surface area (Å²) < 4.78 is 0. The van der Waals surface area contributed by atoms with Crippen LogP contribution in [0.25, 0.3) is 0 Å². The lowest BCUT2D eigenvalue weighted by Crippen LogP contribution is -2.23. The fourth-order valence-electron chi connectivity index (χ4n) is 3.22. The largest absolute Gasteiger partial charge is 0.304 e. The van der Waals surface area contributed by atoms with E-state index in [9.17, 15) is 0 Å². The second kappa shape index (κ2) is 6.40. The van der Waals surface area contributed by atoms with E-state index in [0.717, 1.165) is 0 Å². The summed E-state index contributed by atoms with van der Waals surface area (Å²) in [6, 6.07) is 11.8. The predicted octanol–water partition coefficient (Wildman–Crippen LogP) is 4.37. The van der Waals surface area contributed by atoms with Crippen molar-refractivity contribution in [3.8, 4) is 0 Å². The van der Waals surface area contributed by atoms with Crippen LogP contribution in [-0.4, -0.2) is 4.98 Å². The Bertz CT molecular complexity index is 592. The molecule has 0 spiro atoms. The quantitative estimate of drug-likeness (QED) is 0.899. The van der Waals surface area contributed by atoms with Crippen LogP contribution in [0, 0.1) is 0 Å². The van der Waals surface area contributed by atoms with Gasteiger partial charge in [-0.25, -0.2) is 0 Å². The Morgan fingerprint density at radius 3 is 2.48 bits per heavy atom. The predicted molar refractivity (Wildman–Crippen MR) is 87.3 cm³/mol. The fraction of sp³-hybridized carbons (Fsp3) is 0.421. The van der Waals surface area contributed by atoms with Gasteiger partial charge in [-0.05, 0) is 67.9 Å². The minimum atomic E-state index is 0.310. The van der Waals surface area contributed by atoms with Crippen molar-refractivity contribution in [2.45, 2.75) is 51.6 Å². The highest BCUT2D eigenvalue weighted by molar-refractivity contribution is 5.35. The van der Waals surface area contributed by atoms with Crippen LogP contribution in [0.2, 0.25) is 0 Å². The van der Waals surface area contributed by atoms with E-state index in [-0.39, 0.29) is 0 Å². The second-order valence-electron chi connectivity index (χ2n) is 6.13. The van der Waals surface area contributed by atoms with E-state index in [4.69, 9.17) is 0 Å². The van der Waals surface area contributed by atoms with E-state index in [1.165, 1.54) is 36.8 Å². The molecular formula is C19H24N2. The summed E-state index contributed by atoms with van der Waals surface area (Å²) in [6.45, 7) is 4.45. The molecule has 2 nitrogen and oxygen atoms in total. The van der Waals surface area contributed by atoms with Crippen LogP contribution in [-0.2, 0) is 12.8 Å². The maximum absolute atomic E-state index is 4.20. The first-order valence-corrected chi connectivity index (χ1v) is 8.01. The Morgan fingerprint density at radius 1 is 0.952 bits per heavy atom. The zero-order valence-electron chi connectivity index (χ0n) is 13.0. The third kappa shape index (κ3) is 3.33. The highest BCUT2D eigenvalue weighted by Gasteiger charge is 2.14. The van der Waals surface area contributed by atoms with Crippen molar-refractivity contribution in [2.75, 3.05) is 0 Å². The monoisotopic (exact) mass is 280 g/mol. The smallest absolute Gasteiger partial charge is 0.0315 e.